The Balaban J connectivity index is 2.52. The summed E-state index contributed by atoms with van der Waals surface area (Å²) in [5, 5.41) is 13.5. The molecule has 16 heteroatoms. The molecule has 1 unspecified atom stereocenters. The first-order valence-electron chi connectivity index (χ1n) is 9.76. The van der Waals surface area contributed by atoms with Crippen LogP contribution in [0.2, 0.25) is 0 Å². The SMILES string of the molecule is C=COC(=O)Nc1cc(C(=O)Nc2c(C)cc(C(F)(C(F)(F)F)C(F)(F)C(F)(F)F)cc2Br)ccc1C#N. The lowest BCUT2D eigenvalue weighted by Crippen LogP contribution is -2.59. The number of carbonyl (C=O) groups is 2. The maximum Gasteiger partial charge on any atom is 0.457 e. The van der Waals surface area contributed by atoms with Crippen LogP contribution in [0.4, 0.5) is 55.7 Å². The standard InChI is InChI=1S/C22H13BrF9N3O3/c1-3-38-18(37)34-15-7-11(4-5-12(15)9-33)17(36)35-16-10(2)6-13(8-14(16)23)19(24,21(27,28)29)20(25,26)22(30,31)32/h3-8H,1H2,2H3,(H,34,37)(H,35,36). The molecular weight excluding hydrogens is 605 g/mol. The van der Waals surface area contributed by atoms with Crippen molar-refractivity contribution in [3.05, 3.63) is 69.9 Å². The van der Waals surface area contributed by atoms with Crippen molar-refractivity contribution in [3.63, 3.8) is 0 Å². The van der Waals surface area contributed by atoms with Crippen LogP contribution in [0, 0.1) is 18.3 Å². The summed E-state index contributed by atoms with van der Waals surface area (Å²) in [5.74, 6) is -7.89. The van der Waals surface area contributed by atoms with Crippen molar-refractivity contribution >= 4 is 39.3 Å². The Bertz CT molecular complexity index is 1300. The van der Waals surface area contributed by atoms with Gasteiger partial charge in [0.2, 0.25) is 0 Å². The number of rotatable bonds is 6. The molecule has 6 nitrogen and oxygen atoms in total. The number of nitriles is 1. The number of alkyl halides is 9. The van der Waals surface area contributed by atoms with E-state index in [4.69, 9.17) is 5.26 Å². The predicted molar refractivity (Wildman–Crippen MR) is 118 cm³/mol. The smallest absolute Gasteiger partial charge is 0.419 e. The summed E-state index contributed by atoms with van der Waals surface area (Å²) in [6.07, 6.45) is -13.9. The van der Waals surface area contributed by atoms with Crippen molar-refractivity contribution < 1.29 is 53.8 Å². The van der Waals surface area contributed by atoms with Crippen LogP contribution in [0.25, 0.3) is 0 Å². The zero-order valence-corrected chi connectivity index (χ0v) is 20.2. The van der Waals surface area contributed by atoms with E-state index in [1.54, 1.807) is 6.07 Å². The molecule has 0 bridgehead atoms. The molecule has 0 heterocycles. The van der Waals surface area contributed by atoms with E-state index in [9.17, 15) is 49.1 Å². The predicted octanol–water partition coefficient (Wildman–Crippen LogP) is 7.50. The van der Waals surface area contributed by atoms with Crippen LogP contribution in [0.1, 0.15) is 27.0 Å². The molecule has 0 aliphatic rings. The molecule has 0 radical (unpaired) electrons. The molecule has 38 heavy (non-hydrogen) atoms. The summed E-state index contributed by atoms with van der Waals surface area (Å²) in [5.41, 5.74) is -9.70. The molecular formula is C22H13BrF9N3O3. The zero-order chi connectivity index (χ0) is 29.3. The number of nitrogens with one attached hydrogen (secondary N) is 2. The van der Waals surface area contributed by atoms with Crippen LogP contribution in [0.5, 0.6) is 0 Å². The van der Waals surface area contributed by atoms with Crippen molar-refractivity contribution in [1.82, 2.24) is 0 Å². The van der Waals surface area contributed by atoms with Crippen molar-refractivity contribution in [3.8, 4) is 6.07 Å². The van der Waals surface area contributed by atoms with Crippen molar-refractivity contribution in [2.24, 2.45) is 0 Å². The van der Waals surface area contributed by atoms with E-state index in [2.05, 4.69) is 37.9 Å². The molecule has 2 rings (SSSR count). The van der Waals surface area contributed by atoms with Gasteiger partial charge in [-0.25, -0.2) is 9.18 Å². The Labute approximate surface area is 216 Å². The van der Waals surface area contributed by atoms with Gasteiger partial charge in [-0.15, -0.1) is 0 Å². The minimum Gasteiger partial charge on any atom is -0.419 e. The van der Waals surface area contributed by atoms with E-state index in [0.29, 0.717) is 0 Å². The van der Waals surface area contributed by atoms with Crippen LogP contribution >= 0.6 is 15.9 Å². The maximum absolute atomic E-state index is 14.8. The molecule has 2 amide bonds. The van der Waals surface area contributed by atoms with Gasteiger partial charge in [-0.2, -0.15) is 40.4 Å². The highest BCUT2D eigenvalue weighted by atomic mass is 79.9. The Morgan fingerprint density at radius 1 is 1.00 bits per heavy atom. The lowest BCUT2D eigenvalue weighted by molar-refractivity contribution is -0.389. The number of anilines is 2. The first-order valence-corrected chi connectivity index (χ1v) is 10.6. The van der Waals surface area contributed by atoms with Crippen LogP contribution in [0.15, 0.2) is 47.6 Å². The van der Waals surface area contributed by atoms with Gasteiger partial charge in [0.05, 0.1) is 23.2 Å². The molecule has 0 spiro atoms. The fourth-order valence-corrected chi connectivity index (χ4v) is 3.77. The van der Waals surface area contributed by atoms with E-state index in [-0.39, 0.29) is 28.9 Å². The van der Waals surface area contributed by atoms with Gasteiger partial charge in [-0.1, -0.05) is 12.6 Å². The van der Waals surface area contributed by atoms with Crippen molar-refractivity contribution in [1.29, 1.82) is 5.26 Å². The second kappa shape index (κ2) is 10.6. The fourth-order valence-electron chi connectivity index (χ4n) is 3.11. The van der Waals surface area contributed by atoms with Gasteiger partial charge in [0.15, 0.2) is 0 Å². The third-order valence-corrected chi connectivity index (χ3v) is 5.56. The molecule has 0 aromatic heterocycles. The lowest BCUT2D eigenvalue weighted by Gasteiger charge is -2.36. The van der Waals surface area contributed by atoms with Gasteiger partial charge in [0.1, 0.15) is 6.07 Å². The number of benzene rings is 2. The van der Waals surface area contributed by atoms with Crippen LogP contribution in [0.3, 0.4) is 0 Å². The number of hydrogen-bond donors (Lipinski definition) is 2. The minimum absolute atomic E-state index is 0.0345. The number of amides is 2. The highest BCUT2D eigenvalue weighted by Gasteiger charge is 2.81. The maximum atomic E-state index is 14.8. The first kappa shape index (κ1) is 30.5. The molecule has 1 atom stereocenters. The number of hydrogen-bond acceptors (Lipinski definition) is 4. The van der Waals surface area contributed by atoms with E-state index < -0.39 is 57.2 Å². The Morgan fingerprint density at radius 2 is 1.61 bits per heavy atom. The van der Waals surface area contributed by atoms with Crippen LogP contribution in [-0.4, -0.2) is 30.3 Å². The highest BCUT2D eigenvalue weighted by molar-refractivity contribution is 9.10. The van der Waals surface area contributed by atoms with Crippen LogP contribution < -0.4 is 10.6 Å². The molecule has 0 fully saturated rings. The number of ether oxygens (including phenoxy) is 1. The quantitative estimate of drug-likeness (QED) is 0.259. The first-order chi connectivity index (χ1) is 17.3. The van der Waals surface area contributed by atoms with Gasteiger partial charge >= 0.3 is 30.0 Å². The van der Waals surface area contributed by atoms with Gasteiger partial charge in [-0.05, 0) is 52.7 Å². The summed E-state index contributed by atoms with van der Waals surface area (Å²) in [7, 11) is 0. The Morgan fingerprint density at radius 3 is 2.08 bits per heavy atom. The van der Waals surface area contributed by atoms with E-state index in [1.807, 2.05) is 0 Å². The number of halogens is 10. The summed E-state index contributed by atoms with van der Waals surface area (Å²) in [6, 6.07) is 5.08. The second-order valence-corrected chi connectivity index (χ2v) is 8.26. The minimum atomic E-state index is -6.90. The average Bonchev–Trinajstić information content (AvgIpc) is 2.79. The number of nitrogens with zero attached hydrogens (tertiary/aromatic N) is 1. The Kier molecular flexibility index (Phi) is 8.47. The third-order valence-electron chi connectivity index (χ3n) is 4.93. The van der Waals surface area contributed by atoms with E-state index >= 15 is 0 Å². The topological polar surface area (TPSA) is 91.2 Å². The summed E-state index contributed by atoms with van der Waals surface area (Å²) in [6.45, 7) is 4.07. The average molecular weight is 618 g/mol. The third kappa shape index (κ3) is 5.57. The monoisotopic (exact) mass is 617 g/mol. The van der Waals surface area contributed by atoms with Gasteiger partial charge in [0.25, 0.3) is 5.91 Å². The number of carbonyl (C=O) groups excluding carboxylic acids is 2. The van der Waals surface area contributed by atoms with E-state index in [1.165, 1.54) is 0 Å². The van der Waals surface area contributed by atoms with Crippen LogP contribution in [-0.2, 0) is 10.4 Å². The molecule has 2 aromatic carbocycles. The summed E-state index contributed by atoms with van der Waals surface area (Å²) in [4.78, 5) is 24.3. The van der Waals surface area contributed by atoms with Crippen molar-refractivity contribution in [2.45, 2.75) is 30.9 Å². The molecule has 2 aromatic rings. The number of aryl methyl sites for hydroxylation is 1. The lowest BCUT2D eigenvalue weighted by atomic mass is 9.86. The van der Waals surface area contributed by atoms with Gasteiger partial charge < -0.3 is 10.1 Å². The molecule has 204 valence electrons. The fraction of sp³-hybridized carbons (Fsp3) is 0.227. The molecule has 2 N–H and O–H groups in total. The molecule has 0 saturated carbocycles. The molecule has 0 aliphatic heterocycles. The van der Waals surface area contributed by atoms with E-state index in [0.717, 1.165) is 31.4 Å². The van der Waals surface area contributed by atoms with Gasteiger partial charge in [0, 0.05) is 15.6 Å². The van der Waals surface area contributed by atoms with Crippen molar-refractivity contribution in [2.75, 3.05) is 10.6 Å². The summed E-state index contributed by atoms with van der Waals surface area (Å²) < 4.78 is 125. The normalized spacial score (nSPS) is 13.6. The highest BCUT2D eigenvalue weighted by Crippen LogP contribution is 2.58. The molecule has 0 aliphatic carbocycles. The summed E-state index contributed by atoms with van der Waals surface area (Å²) >= 11 is 2.66. The second-order valence-electron chi connectivity index (χ2n) is 7.40. The molecule has 0 saturated heterocycles. The largest absolute Gasteiger partial charge is 0.457 e. The van der Waals surface area contributed by atoms with Gasteiger partial charge in [-0.3, -0.25) is 10.1 Å². The Hall–Kier alpha value is -3.74. The zero-order valence-electron chi connectivity index (χ0n) is 18.6.